The number of hydrogen-bond acceptors (Lipinski definition) is 3. The van der Waals surface area contributed by atoms with Gasteiger partial charge in [0.05, 0.1) is 6.26 Å². The summed E-state index contributed by atoms with van der Waals surface area (Å²) in [4.78, 5) is 9.74. The molecule has 1 unspecified atom stereocenters. The molecule has 0 radical (unpaired) electrons. The standard InChI is InChI=1S/C6H10O3/c1-2-3-9-5-6(8)4-7/h2-4,6,8H,5H2,1H3. The van der Waals surface area contributed by atoms with E-state index in [1.54, 1.807) is 13.0 Å². The minimum atomic E-state index is -0.999. The zero-order valence-electron chi connectivity index (χ0n) is 5.28. The average Bonchev–Trinajstić information content (AvgIpc) is 1.89. The summed E-state index contributed by atoms with van der Waals surface area (Å²) in [6.07, 6.45) is 2.54. The summed E-state index contributed by atoms with van der Waals surface area (Å²) in [7, 11) is 0. The minimum Gasteiger partial charge on any atom is -0.498 e. The van der Waals surface area contributed by atoms with Crippen LogP contribution in [0.5, 0.6) is 0 Å². The second-order valence-corrected chi connectivity index (χ2v) is 1.51. The van der Waals surface area contributed by atoms with E-state index in [0.29, 0.717) is 6.29 Å². The van der Waals surface area contributed by atoms with Gasteiger partial charge in [0, 0.05) is 0 Å². The molecular formula is C6H10O3. The van der Waals surface area contributed by atoms with Crippen molar-refractivity contribution in [2.24, 2.45) is 0 Å². The Bertz CT molecular complexity index is 98.5. The summed E-state index contributed by atoms with van der Waals surface area (Å²) >= 11 is 0. The molecule has 0 aromatic carbocycles. The normalized spacial score (nSPS) is 13.6. The summed E-state index contributed by atoms with van der Waals surface area (Å²) in [6.45, 7) is 1.82. The maximum atomic E-state index is 9.74. The Hall–Kier alpha value is -0.830. The third kappa shape index (κ3) is 5.03. The van der Waals surface area contributed by atoms with Crippen LogP contribution in [0.2, 0.25) is 0 Å². The highest BCUT2D eigenvalue weighted by Crippen LogP contribution is 1.81. The van der Waals surface area contributed by atoms with Crippen LogP contribution in [-0.4, -0.2) is 24.1 Å². The SMILES string of the molecule is CC=COCC(O)C=O. The van der Waals surface area contributed by atoms with Gasteiger partial charge in [-0.05, 0) is 6.92 Å². The Morgan fingerprint density at radius 2 is 2.44 bits per heavy atom. The van der Waals surface area contributed by atoms with Crippen LogP contribution in [0.4, 0.5) is 0 Å². The molecular weight excluding hydrogens is 120 g/mol. The van der Waals surface area contributed by atoms with E-state index >= 15 is 0 Å². The first-order valence-electron chi connectivity index (χ1n) is 2.67. The molecule has 0 aromatic rings. The summed E-state index contributed by atoms with van der Waals surface area (Å²) in [5.41, 5.74) is 0. The highest BCUT2D eigenvalue weighted by molar-refractivity contribution is 5.55. The van der Waals surface area contributed by atoms with Gasteiger partial charge in [0.1, 0.15) is 12.7 Å². The molecule has 52 valence electrons. The van der Waals surface area contributed by atoms with Crippen molar-refractivity contribution in [3.8, 4) is 0 Å². The molecule has 1 N–H and O–H groups in total. The fourth-order valence-corrected chi connectivity index (χ4v) is 0.290. The second kappa shape index (κ2) is 5.31. The van der Waals surface area contributed by atoms with E-state index < -0.39 is 6.10 Å². The van der Waals surface area contributed by atoms with Crippen LogP contribution in [0.1, 0.15) is 6.92 Å². The number of allylic oxidation sites excluding steroid dienone is 1. The Labute approximate surface area is 53.9 Å². The van der Waals surface area contributed by atoms with Gasteiger partial charge in [-0.1, -0.05) is 6.08 Å². The molecule has 9 heavy (non-hydrogen) atoms. The van der Waals surface area contributed by atoms with Crippen LogP contribution in [-0.2, 0) is 9.53 Å². The Morgan fingerprint density at radius 3 is 2.89 bits per heavy atom. The first-order valence-corrected chi connectivity index (χ1v) is 2.67. The Kier molecular flexibility index (Phi) is 4.82. The molecule has 0 aromatic heterocycles. The fourth-order valence-electron chi connectivity index (χ4n) is 0.290. The maximum Gasteiger partial charge on any atom is 0.151 e. The fraction of sp³-hybridized carbons (Fsp3) is 0.500. The molecule has 0 saturated carbocycles. The second-order valence-electron chi connectivity index (χ2n) is 1.51. The molecule has 0 saturated heterocycles. The number of ether oxygens (including phenoxy) is 1. The number of aldehydes is 1. The number of aliphatic hydroxyl groups is 1. The molecule has 0 aliphatic rings. The van der Waals surface area contributed by atoms with Gasteiger partial charge < -0.3 is 14.6 Å². The van der Waals surface area contributed by atoms with Crippen molar-refractivity contribution < 1.29 is 14.6 Å². The van der Waals surface area contributed by atoms with Crippen LogP contribution in [0.3, 0.4) is 0 Å². The Morgan fingerprint density at radius 1 is 1.78 bits per heavy atom. The van der Waals surface area contributed by atoms with Crippen LogP contribution < -0.4 is 0 Å². The third-order valence-electron chi connectivity index (χ3n) is 0.656. The highest BCUT2D eigenvalue weighted by atomic mass is 16.5. The molecule has 3 nitrogen and oxygen atoms in total. The highest BCUT2D eigenvalue weighted by Gasteiger charge is 1.97. The van der Waals surface area contributed by atoms with Crippen LogP contribution in [0, 0.1) is 0 Å². The smallest absolute Gasteiger partial charge is 0.151 e. The van der Waals surface area contributed by atoms with Gasteiger partial charge in [-0.25, -0.2) is 0 Å². The van der Waals surface area contributed by atoms with Crippen molar-refractivity contribution >= 4 is 6.29 Å². The number of carbonyl (C=O) groups excluding carboxylic acids is 1. The molecule has 3 heteroatoms. The predicted molar refractivity (Wildman–Crippen MR) is 32.8 cm³/mol. The maximum absolute atomic E-state index is 9.74. The number of carbonyl (C=O) groups is 1. The lowest BCUT2D eigenvalue weighted by Crippen LogP contribution is -2.14. The molecule has 0 aliphatic heterocycles. The lowest BCUT2D eigenvalue weighted by atomic mass is 10.4. The molecule has 0 rings (SSSR count). The molecule has 0 heterocycles. The lowest BCUT2D eigenvalue weighted by Gasteiger charge is -1.99. The molecule has 0 fully saturated rings. The summed E-state index contributed by atoms with van der Waals surface area (Å²) in [5, 5.41) is 8.56. The van der Waals surface area contributed by atoms with Gasteiger partial charge >= 0.3 is 0 Å². The van der Waals surface area contributed by atoms with E-state index in [0.717, 1.165) is 0 Å². The van der Waals surface area contributed by atoms with E-state index in [2.05, 4.69) is 4.74 Å². The minimum absolute atomic E-state index is 0.0356. The van der Waals surface area contributed by atoms with Crippen LogP contribution in [0.15, 0.2) is 12.3 Å². The van der Waals surface area contributed by atoms with Crippen molar-refractivity contribution in [2.75, 3.05) is 6.61 Å². The van der Waals surface area contributed by atoms with Gasteiger partial charge in [0.25, 0.3) is 0 Å². The Balaban J connectivity index is 3.16. The predicted octanol–water partition coefficient (Wildman–Crippen LogP) is 0.0964. The quantitative estimate of drug-likeness (QED) is 0.433. The van der Waals surface area contributed by atoms with Crippen molar-refractivity contribution in [3.05, 3.63) is 12.3 Å². The first-order chi connectivity index (χ1) is 4.31. The van der Waals surface area contributed by atoms with Crippen molar-refractivity contribution in [1.82, 2.24) is 0 Å². The summed E-state index contributed by atoms with van der Waals surface area (Å²) < 4.78 is 4.67. The molecule has 0 spiro atoms. The van der Waals surface area contributed by atoms with E-state index in [-0.39, 0.29) is 6.61 Å². The monoisotopic (exact) mass is 130 g/mol. The van der Waals surface area contributed by atoms with Crippen molar-refractivity contribution in [2.45, 2.75) is 13.0 Å². The molecule has 0 amide bonds. The van der Waals surface area contributed by atoms with E-state index in [1.807, 2.05) is 0 Å². The number of aliphatic hydroxyl groups excluding tert-OH is 1. The summed E-state index contributed by atoms with van der Waals surface area (Å²) in [6, 6.07) is 0. The molecule has 0 bridgehead atoms. The van der Waals surface area contributed by atoms with Crippen molar-refractivity contribution in [3.63, 3.8) is 0 Å². The van der Waals surface area contributed by atoms with Gasteiger partial charge in [-0.2, -0.15) is 0 Å². The van der Waals surface area contributed by atoms with Gasteiger partial charge in [-0.3, -0.25) is 0 Å². The number of hydrogen-bond donors (Lipinski definition) is 1. The lowest BCUT2D eigenvalue weighted by molar-refractivity contribution is -0.116. The van der Waals surface area contributed by atoms with Crippen LogP contribution in [0.25, 0.3) is 0 Å². The van der Waals surface area contributed by atoms with E-state index in [9.17, 15) is 4.79 Å². The topological polar surface area (TPSA) is 46.5 Å². The van der Waals surface area contributed by atoms with Crippen LogP contribution >= 0.6 is 0 Å². The molecule has 0 aliphatic carbocycles. The zero-order chi connectivity index (χ0) is 7.11. The average molecular weight is 130 g/mol. The largest absolute Gasteiger partial charge is 0.498 e. The van der Waals surface area contributed by atoms with E-state index in [1.165, 1.54) is 6.26 Å². The van der Waals surface area contributed by atoms with E-state index in [4.69, 9.17) is 5.11 Å². The third-order valence-corrected chi connectivity index (χ3v) is 0.656. The van der Waals surface area contributed by atoms with Gasteiger partial charge in [0.2, 0.25) is 0 Å². The van der Waals surface area contributed by atoms with Gasteiger partial charge in [0.15, 0.2) is 6.29 Å². The zero-order valence-corrected chi connectivity index (χ0v) is 5.28. The van der Waals surface area contributed by atoms with Gasteiger partial charge in [-0.15, -0.1) is 0 Å². The van der Waals surface area contributed by atoms with Crippen molar-refractivity contribution in [1.29, 1.82) is 0 Å². The number of rotatable bonds is 4. The molecule has 1 atom stereocenters. The first kappa shape index (κ1) is 8.17. The summed E-state index contributed by atoms with van der Waals surface area (Å²) in [5.74, 6) is 0.